The van der Waals surface area contributed by atoms with Gasteiger partial charge in [-0.05, 0) is 73.3 Å². The maximum absolute atomic E-state index is 12.8. The largest absolute Gasteiger partial charge is 0.486 e. The Balaban J connectivity index is 1.35. The van der Waals surface area contributed by atoms with Crippen molar-refractivity contribution in [1.29, 1.82) is 5.26 Å². The highest BCUT2D eigenvalue weighted by Crippen LogP contribution is 2.44. The molecule has 4 rings (SSSR count). The van der Waals surface area contributed by atoms with Crippen LogP contribution in [0.25, 0.3) is 0 Å². The van der Waals surface area contributed by atoms with Crippen LogP contribution in [-0.2, 0) is 31.3 Å². The molecule has 0 fully saturated rings. The molecule has 0 saturated carbocycles. The number of hydrogen-bond donors (Lipinski definition) is 1. The number of nitrogens with one attached hydrogen (secondary N) is 1. The average Bonchev–Trinajstić information content (AvgIpc) is 3.36. The molecule has 1 atom stereocenters. The number of benzene rings is 1. The van der Waals surface area contributed by atoms with Crippen molar-refractivity contribution < 1.29 is 9.53 Å². The zero-order valence-corrected chi connectivity index (χ0v) is 23.4. The second-order valence-electron chi connectivity index (χ2n) is 10.5. The molecular formula is C27H33N5O2S2. The minimum Gasteiger partial charge on any atom is -0.486 e. The lowest BCUT2D eigenvalue weighted by molar-refractivity contribution is -0.113. The van der Waals surface area contributed by atoms with Gasteiger partial charge in [-0.25, -0.2) is 0 Å². The monoisotopic (exact) mass is 523 g/mol. The molecule has 0 bridgehead atoms. The maximum Gasteiger partial charge on any atom is 0.235 e. The zero-order valence-electron chi connectivity index (χ0n) is 21.8. The van der Waals surface area contributed by atoms with E-state index in [1.54, 1.807) is 11.3 Å². The third-order valence-electron chi connectivity index (χ3n) is 6.96. The Morgan fingerprint density at radius 3 is 2.78 bits per heavy atom. The number of carbonyl (C=O) groups is 1. The second kappa shape index (κ2) is 10.7. The molecule has 0 radical (unpaired) electrons. The first kappa shape index (κ1) is 26.2. The average molecular weight is 524 g/mol. The summed E-state index contributed by atoms with van der Waals surface area (Å²) in [6, 6.07) is 8.32. The molecule has 0 aliphatic heterocycles. The van der Waals surface area contributed by atoms with Gasteiger partial charge in [0.1, 0.15) is 23.4 Å². The highest BCUT2D eigenvalue weighted by atomic mass is 32.2. The highest BCUT2D eigenvalue weighted by molar-refractivity contribution is 7.99. The molecular weight excluding hydrogens is 490 g/mol. The van der Waals surface area contributed by atoms with Crippen LogP contribution >= 0.6 is 23.1 Å². The second-order valence-corrected chi connectivity index (χ2v) is 12.5. The summed E-state index contributed by atoms with van der Waals surface area (Å²) in [6.45, 7) is 11.2. The summed E-state index contributed by atoms with van der Waals surface area (Å²) < 4.78 is 7.72. The highest BCUT2D eigenvalue weighted by Gasteiger charge is 2.32. The fourth-order valence-electron chi connectivity index (χ4n) is 4.37. The predicted octanol–water partition coefficient (Wildman–Crippen LogP) is 5.83. The number of amides is 1. The normalized spacial score (nSPS) is 15.3. The van der Waals surface area contributed by atoms with Gasteiger partial charge in [0.25, 0.3) is 0 Å². The zero-order chi connectivity index (χ0) is 26.0. The first-order chi connectivity index (χ1) is 17.1. The molecule has 2 aromatic heterocycles. The topological polar surface area (TPSA) is 92.8 Å². The van der Waals surface area contributed by atoms with Gasteiger partial charge in [-0.15, -0.1) is 21.5 Å². The fourth-order valence-corrected chi connectivity index (χ4v) is 6.40. The predicted molar refractivity (Wildman–Crippen MR) is 145 cm³/mol. The van der Waals surface area contributed by atoms with Crippen LogP contribution in [0.4, 0.5) is 5.00 Å². The summed E-state index contributed by atoms with van der Waals surface area (Å²) >= 11 is 2.87. The number of aryl methyl sites for hydroxylation is 2. The summed E-state index contributed by atoms with van der Waals surface area (Å²) in [6.07, 6.45) is 2.94. The molecule has 0 saturated heterocycles. The van der Waals surface area contributed by atoms with E-state index in [9.17, 15) is 10.1 Å². The smallest absolute Gasteiger partial charge is 0.235 e. The van der Waals surface area contributed by atoms with Crippen LogP contribution in [0.1, 0.15) is 60.1 Å². The van der Waals surface area contributed by atoms with E-state index in [0.29, 0.717) is 34.1 Å². The van der Waals surface area contributed by atoms with Gasteiger partial charge in [-0.3, -0.25) is 4.79 Å². The van der Waals surface area contributed by atoms with Gasteiger partial charge in [0, 0.05) is 11.9 Å². The number of ether oxygens (including phenoxy) is 1. The lowest BCUT2D eigenvalue weighted by atomic mass is 9.72. The molecule has 190 valence electrons. The molecule has 1 aliphatic rings. The first-order valence-electron chi connectivity index (χ1n) is 12.1. The summed E-state index contributed by atoms with van der Waals surface area (Å²) in [5.41, 5.74) is 4.37. The number of fused-ring (bicyclic) bond motifs is 1. The summed E-state index contributed by atoms with van der Waals surface area (Å²) in [4.78, 5) is 14.0. The molecule has 3 aromatic rings. The van der Waals surface area contributed by atoms with Gasteiger partial charge in [-0.1, -0.05) is 38.6 Å². The molecule has 7 nitrogen and oxygen atoms in total. The molecule has 9 heteroatoms. The SMILES string of the molecule is Cc1ccc(OCc2nnc(SCC(=O)Nc3sc4c(c3C#N)CCC(C(C)(C)C)C4)n2C)cc1C. The van der Waals surface area contributed by atoms with Crippen LogP contribution in [0.15, 0.2) is 23.4 Å². The summed E-state index contributed by atoms with van der Waals surface area (Å²) in [5.74, 6) is 2.08. The van der Waals surface area contributed by atoms with E-state index in [2.05, 4.69) is 56.2 Å². The van der Waals surface area contributed by atoms with Crippen molar-refractivity contribution in [2.45, 2.75) is 65.6 Å². The fraction of sp³-hybridized carbons (Fsp3) is 0.481. The van der Waals surface area contributed by atoms with Crippen molar-refractivity contribution in [1.82, 2.24) is 14.8 Å². The van der Waals surface area contributed by atoms with E-state index in [-0.39, 0.29) is 17.1 Å². The third kappa shape index (κ3) is 5.76. The third-order valence-corrected chi connectivity index (χ3v) is 9.15. The first-order valence-corrected chi connectivity index (χ1v) is 13.9. The molecule has 0 spiro atoms. The van der Waals surface area contributed by atoms with E-state index in [4.69, 9.17) is 4.74 Å². The molecule has 36 heavy (non-hydrogen) atoms. The molecule has 1 aromatic carbocycles. The lowest BCUT2D eigenvalue weighted by Crippen LogP contribution is -2.26. The van der Waals surface area contributed by atoms with Gasteiger partial charge in [0.15, 0.2) is 11.0 Å². The van der Waals surface area contributed by atoms with E-state index in [0.717, 1.165) is 30.6 Å². The number of nitriles is 1. The van der Waals surface area contributed by atoms with E-state index in [1.165, 1.54) is 27.8 Å². The van der Waals surface area contributed by atoms with Crippen LogP contribution < -0.4 is 10.1 Å². The number of carbonyl (C=O) groups excluding carboxylic acids is 1. The number of rotatable bonds is 7. The van der Waals surface area contributed by atoms with Crippen molar-refractivity contribution in [3.8, 4) is 11.8 Å². The van der Waals surface area contributed by atoms with Gasteiger partial charge < -0.3 is 14.6 Å². The van der Waals surface area contributed by atoms with E-state index < -0.39 is 0 Å². The number of hydrogen-bond acceptors (Lipinski definition) is 7. The van der Waals surface area contributed by atoms with Crippen LogP contribution in [0, 0.1) is 36.5 Å². The van der Waals surface area contributed by atoms with Gasteiger partial charge in [0.05, 0.1) is 11.3 Å². The van der Waals surface area contributed by atoms with Crippen molar-refractivity contribution in [2.24, 2.45) is 18.4 Å². The van der Waals surface area contributed by atoms with Crippen molar-refractivity contribution in [2.75, 3.05) is 11.1 Å². The Kier molecular flexibility index (Phi) is 7.76. The Labute approximate surface area is 221 Å². The van der Waals surface area contributed by atoms with Gasteiger partial charge in [-0.2, -0.15) is 5.26 Å². The molecule has 2 heterocycles. The maximum atomic E-state index is 12.8. The summed E-state index contributed by atoms with van der Waals surface area (Å²) in [7, 11) is 1.87. The minimum atomic E-state index is -0.154. The van der Waals surface area contributed by atoms with Crippen LogP contribution in [0.3, 0.4) is 0 Å². The molecule has 1 aliphatic carbocycles. The minimum absolute atomic E-state index is 0.154. The Bertz CT molecular complexity index is 1310. The Morgan fingerprint density at radius 2 is 2.08 bits per heavy atom. The lowest BCUT2D eigenvalue weighted by Gasteiger charge is -2.33. The van der Waals surface area contributed by atoms with Gasteiger partial charge >= 0.3 is 0 Å². The van der Waals surface area contributed by atoms with Crippen LogP contribution in [-0.4, -0.2) is 26.4 Å². The molecule has 1 amide bonds. The van der Waals surface area contributed by atoms with Crippen LogP contribution in [0.5, 0.6) is 5.75 Å². The quantitative estimate of drug-likeness (QED) is 0.392. The standard InChI is InChI=1S/C27H33N5O2S2/c1-16-7-9-19(11-17(16)2)34-14-23-30-31-26(32(23)6)35-15-24(33)29-25-21(13-28)20-10-8-18(27(3,4)5)12-22(20)36-25/h7,9,11,18H,8,10,12,14-15H2,1-6H3,(H,29,33). The summed E-state index contributed by atoms with van der Waals surface area (Å²) in [5, 5.41) is 22.5. The number of nitrogens with zero attached hydrogens (tertiary/aromatic N) is 4. The van der Waals surface area contributed by atoms with Crippen molar-refractivity contribution in [3.63, 3.8) is 0 Å². The van der Waals surface area contributed by atoms with Crippen molar-refractivity contribution >= 4 is 34.0 Å². The van der Waals surface area contributed by atoms with E-state index >= 15 is 0 Å². The molecule has 1 unspecified atom stereocenters. The molecule has 1 N–H and O–H groups in total. The Hall–Kier alpha value is -2.83. The Morgan fingerprint density at radius 1 is 1.31 bits per heavy atom. The number of thiophene rings is 1. The van der Waals surface area contributed by atoms with Gasteiger partial charge in [0.2, 0.25) is 5.91 Å². The number of thioether (sulfide) groups is 1. The number of anilines is 1. The van der Waals surface area contributed by atoms with E-state index in [1.807, 2.05) is 29.8 Å². The van der Waals surface area contributed by atoms with Crippen molar-refractivity contribution in [3.05, 3.63) is 51.2 Å². The van der Waals surface area contributed by atoms with Crippen LogP contribution in [0.2, 0.25) is 0 Å². The number of aromatic nitrogens is 3.